The SMILES string of the molecule is C[C@H]1CC[C@H](CCC(=O)N[C@@H]2CCC[C@@H]2C(=O)O)O1. The maximum absolute atomic E-state index is 11.8. The maximum atomic E-state index is 11.8. The first-order chi connectivity index (χ1) is 9.06. The molecule has 5 heteroatoms. The quantitative estimate of drug-likeness (QED) is 0.796. The molecule has 2 fully saturated rings. The molecular weight excluding hydrogens is 246 g/mol. The highest BCUT2D eigenvalue weighted by molar-refractivity contribution is 5.78. The van der Waals surface area contributed by atoms with Crippen LogP contribution in [0, 0.1) is 5.92 Å². The van der Waals surface area contributed by atoms with Gasteiger partial charge in [0.05, 0.1) is 18.1 Å². The van der Waals surface area contributed by atoms with Crippen LogP contribution in [0.25, 0.3) is 0 Å². The fraction of sp³-hybridized carbons (Fsp3) is 0.857. The van der Waals surface area contributed by atoms with Gasteiger partial charge in [-0.2, -0.15) is 0 Å². The summed E-state index contributed by atoms with van der Waals surface area (Å²) >= 11 is 0. The van der Waals surface area contributed by atoms with Crippen LogP contribution in [0.5, 0.6) is 0 Å². The second kappa shape index (κ2) is 6.37. The van der Waals surface area contributed by atoms with Crippen LogP contribution in [0.2, 0.25) is 0 Å². The number of carboxylic acid groups (broad SMARTS) is 1. The zero-order valence-corrected chi connectivity index (χ0v) is 11.4. The Morgan fingerprint density at radius 3 is 2.68 bits per heavy atom. The van der Waals surface area contributed by atoms with E-state index in [-0.39, 0.29) is 18.1 Å². The van der Waals surface area contributed by atoms with Gasteiger partial charge in [0, 0.05) is 12.5 Å². The fourth-order valence-corrected chi connectivity index (χ4v) is 3.10. The molecule has 1 aliphatic carbocycles. The second-order valence-electron chi connectivity index (χ2n) is 5.73. The molecule has 1 amide bonds. The first-order valence-corrected chi connectivity index (χ1v) is 7.24. The van der Waals surface area contributed by atoms with Crippen molar-refractivity contribution < 1.29 is 19.4 Å². The van der Waals surface area contributed by atoms with E-state index in [2.05, 4.69) is 12.2 Å². The van der Waals surface area contributed by atoms with Gasteiger partial charge in [0.2, 0.25) is 5.91 Å². The molecule has 2 rings (SSSR count). The molecule has 1 saturated heterocycles. The van der Waals surface area contributed by atoms with Crippen molar-refractivity contribution in [2.45, 2.75) is 70.1 Å². The van der Waals surface area contributed by atoms with Gasteiger partial charge in [0.15, 0.2) is 0 Å². The smallest absolute Gasteiger partial charge is 0.308 e. The third-order valence-corrected chi connectivity index (χ3v) is 4.19. The molecule has 0 aromatic carbocycles. The summed E-state index contributed by atoms with van der Waals surface area (Å²) in [7, 11) is 0. The number of ether oxygens (including phenoxy) is 1. The number of amides is 1. The lowest BCUT2D eigenvalue weighted by Gasteiger charge is -2.18. The summed E-state index contributed by atoms with van der Waals surface area (Å²) in [5.74, 6) is -1.25. The number of nitrogens with one attached hydrogen (secondary N) is 1. The van der Waals surface area contributed by atoms with E-state index in [1.54, 1.807) is 0 Å². The highest BCUT2D eigenvalue weighted by atomic mass is 16.5. The second-order valence-corrected chi connectivity index (χ2v) is 5.73. The number of carboxylic acids is 1. The average Bonchev–Trinajstić information content (AvgIpc) is 2.95. The van der Waals surface area contributed by atoms with Crippen molar-refractivity contribution in [3.63, 3.8) is 0 Å². The molecule has 0 bridgehead atoms. The first-order valence-electron chi connectivity index (χ1n) is 7.24. The minimum absolute atomic E-state index is 0.0405. The highest BCUT2D eigenvalue weighted by Gasteiger charge is 2.33. The molecular formula is C14H23NO4. The molecule has 5 nitrogen and oxygen atoms in total. The molecule has 108 valence electrons. The lowest BCUT2D eigenvalue weighted by Crippen LogP contribution is -2.40. The van der Waals surface area contributed by atoms with Gasteiger partial charge in [0.25, 0.3) is 0 Å². The van der Waals surface area contributed by atoms with Gasteiger partial charge in [-0.15, -0.1) is 0 Å². The summed E-state index contributed by atoms with van der Waals surface area (Å²) in [4.78, 5) is 22.9. The van der Waals surface area contributed by atoms with Crippen molar-refractivity contribution in [3.8, 4) is 0 Å². The molecule has 1 aliphatic heterocycles. The molecule has 1 saturated carbocycles. The topological polar surface area (TPSA) is 75.6 Å². The van der Waals surface area contributed by atoms with Crippen molar-refractivity contribution in [2.24, 2.45) is 5.92 Å². The predicted octanol–water partition coefficient (Wildman–Crippen LogP) is 1.70. The maximum Gasteiger partial charge on any atom is 0.308 e. The number of rotatable bonds is 5. The van der Waals surface area contributed by atoms with Gasteiger partial charge in [-0.05, 0) is 39.0 Å². The molecule has 2 aliphatic rings. The van der Waals surface area contributed by atoms with E-state index in [1.165, 1.54) is 0 Å². The van der Waals surface area contributed by atoms with Gasteiger partial charge in [-0.3, -0.25) is 9.59 Å². The number of hydrogen-bond acceptors (Lipinski definition) is 3. The molecule has 0 spiro atoms. The molecule has 0 aromatic rings. The van der Waals surface area contributed by atoms with Crippen LogP contribution >= 0.6 is 0 Å². The van der Waals surface area contributed by atoms with E-state index < -0.39 is 11.9 Å². The Balaban J connectivity index is 1.70. The van der Waals surface area contributed by atoms with Gasteiger partial charge in [0.1, 0.15) is 0 Å². The van der Waals surface area contributed by atoms with Gasteiger partial charge < -0.3 is 15.2 Å². The van der Waals surface area contributed by atoms with Crippen LogP contribution in [0.1, 0.15) is 51.9 Å². The van der Waals surface area contributed by atoms with Crippen LogP contribution in [-0.4, -0.2) is 35.2 Å². The molecule has 0 aromatic heterocycles. The minimum Gasteiger partial charge on any atom is -0.481 e. The monoisotopic (exact) mass is 269 g/mol. The molecule has 4 atom stereocenters. The minimum atomic E-state index is -0.796. The number of hydrogen-bond donors (Lipinski definition) is 2. The van der Waals surface area contributed by atoms with Crippen molar-refractivity contribution in [2.75, 3.05) is 0 Å². The average molecular weight is 269 g/mol. The van der Waals surface area contributed by atoms with E-state index in [9.17, 15) is 9.59 Å². The summed E-state index contributed by atoms with van der Waals surface area (Å²) < 4.78 is 5.67. The van der Waals surface area contributed by atoms with Crippen LogP contribution in [0.3, 0.4) is 0 Å². The lowest BCUT2D eigenvalue weighted by atomic mass is 10.0. The van der Waals surface area contributed by atoms with Crippen LogP contribution in [0.15, 0.2) is 0 Å². The molecule has 0 unspecified atom stereocenters. The van der Waals surface area contributed by atoms with E-state index >= 15 is 0 Å². The van der Waals surface area contributed by atoms with Gasteiger partial charge >= 0.3 is 5.97 Å². The van der Waals surface area contributed by atoms with Crippen LogP contribution in [0.4, 0.5) is 0 Å². The van der Waals surface area contributed by atoms with E-state index in [0.717, 1.165) is 32.1 Å². The van der Waals surface area contributed by atoms with Gasteiger partial charge in [-0.25, -0.2) is 0 Å². The summed E-state index contributed by atoms with van der Waals surface area (Å²) in [5.41, 5.74) is 0. The first kappa shape index (κ1) is 14.3. The van der Waals surface area contributed by atoms with E-state index in [1.807, 2.05) is 0 Å². The number of carbonyl (C=O) groups excluding carboxylic acids is 1. The Morgan fingerprint density at radius 2 is 2.05 bits per heavy atom. The fourth-order valence-electron chi connectivity index (χ4n) is 3.10. The lowest BCUT2D eigenvalue weighted by molar-refractivity contribution is -0.142. The van der Waals surface area contributed by atoms with Gasteiger partial charge in [-0.1, -0.05) is 6.42 Å². The zero-order valence-electron chi connectivity index (χ0n) is 11.4. The number of aliphatic carboxylic acids is 1. The zero-order chi connectivity index (χ0) is 13.8. The predicted molar refractivity (Wildman–Crippen MR) is 69.7 cm³/mol. The largest absolute Gasteiger partial charge is 0.481 e. The van der Waals surface area contributed by atoms with Crippen molar-refractivity contribution in [1.82, 2.24) is 5.32 Å². The Kier molecular flexibility index (Phi) is 4.80. The third kappa shape index (κ3) is 3.93. The molecule has 1 heterocycles. The summed E-state index contributed by atoms with van der Waals surface area (Å²) in [6.45, 7) is 2.05. The summed E-state index contributed by atoms with van der Waals surface area (Å²) in [6, 6.07) is -0.187. The Labute approximate surface area is 113 Å². The molecule has 0 radical (unpaired) electrons. The standard InChI is InChI=1S/C14H23NO4/c1-9-5-6-10(19-9)7-8-13(16)15-12-4-2-3-11(12)14(17)18/h9-12H,2-8H2,1H3,(H,15,16)(H,17,18)/t9-,10+,11-,12+/m0/s1. The Bertz CT molecular complexity index is 344. The van der Waals surface area contributed by atoms with Crippen molar-refractivity contribution >= 4 is 11.9 Å². The summed E-state index contributed by atoms with van der Waals surface area (Å²) in [6.07, 6.45) is 6.08. The van der Waals surface area contributed by atoms with E-state index in [4.69, 9.17) is 9.84 Å². The van der Waals surface area contributed by atoms with Crippen LogP contribution in [-0.2, 0) is 14.3 Å². The van der Waals surface area contributed by atoms with Crippen LogP contribution < -0.4 is 5.32 Å². The Morgan fingerprint density at radius 1 is 1.26 bits per heavy atom. The summed E-state index contributed by atoms with van der Waals surface area (Å²) in [5, 5.41) is 11.9. The van der Waals surface area contributed by atoms with Crippen molar-refractivity contribution in [3.05, 3.63) is 0 Å². The molecule has 2 N–H and O–H groups in total. The van der Waals surface area contributed by atoms with E-state index in [0.29, 0.717) is 18.9 Å². The normalized spacial score (nSPS) is 34.4. The Hall–Kier alpha value is -1.10. The highest BCUT2D eigenvalue weighted by Crippen LogP contribution is 2.26. The van der Waals surface area contributed by atoms with Crippen molar-refractivity contribution in [1.29, 1.82) is 0 Å². The molecule has 19 heavy (non-hydrogen) atoms. The number of carbonyl (C=O) groups is 2. The third-order valence-electron chi connectivity index (χ3n) is 4.19.